The quantitative estimate of drug-likeness (QED) is 0.0791. The molecule has 228 valence electrons. The first kappa shape index (κ1) is 39.1. The maximum atomic E-state index is 11.7. The van der Waals surface area contributed by atoms with Gasteiger partial charge in [-0.1, -0.05) is 156 Å². The molecular weight excluding hydrogens is 472 g/mol. The van der Waals surface area contributed by atoms with Crippen molar-refractivity contribution in [3.05, 3.63) is 0 Å². The van der Waals surface area contributed by atoms with E-state index in [1.54, 1.807) is 0 Å². The minimum atomic E-state index is -0.655. The van der Waals surface area contributed by atoms with Crippen molar-refractivity contribution in [3.63, 3.8) is 0 Å². The summed E-state index contributed by atoms with van der Waals surface area (Å²) in [4.78, 5) is 22.0. The molecule has 0 amide bonds. The van der Waals surface area contributed by atoms with Crippen molar-refractivity contribution in [3.8, 4) is 0 Å². The Kier molecular flexibility index (Phi) is 34.9. The molecule has 0 radical (unpaired) electrons. The van der Waals surface area contributed by atoms with E-state index >= 15 is 0 Å². The van der Waals surface area contributed by atoms with Crippen LogP contribution in [0.25, 0.3) is 0 Å². The number of ether oxygens (including phenoxy) is 1. The van der Waals surface area contributed by atoms with E-state index in [-0.39, 0.29) is 12.1 Å². The topological polar surface area (TPSA) is 63.6 Å². The zero-order valence-corrected chi connectivity index (χ0v) is 26.3. The summed E-state index contributed by atoms with van der Waals surface area (Å²) in [5.74, 6) is -0.653. The fourth-order valence-corrected chi connectivity index (χ4v) is 4.72. The predicted octanol–water partition coefficient (Wildman–Crippen LogP) is 11.6. The summed E-state index contributed by atoms with van der Waals surface area (Å²) in [7, 11) is 0. The van der Waals surface area contributed by atoms with E-state index in [0.717, 1.165) is 25.7 Å². The van der Waals surface area contributed by atoms with Gasteiger partial charge in [0.05, 0.1) is 6.10 Å². The molecule has 0 saturated carbocycles. The summed E-state index contributed by atoms with van der Waals surface area (Å²) >= 11 is 0. The number of unbranched alkanes of at least 4 members (excludes halogenated alkanes) is 21. The molecule has 1 unspecified atom stereocenters. The molecule has 0 aliphatic carbocycles. The van der Waals surface area contributed by atoms with Crippen LogP contribution in [0.1, 0.15) is 201 Å². The van der Waals surface area contributed by atoms with E-state index < -0.39 is 5.97 Å². The van der Waals surface area contributed by atoms with Crippen LogP contribution in [0.5, 0.6) is 0 Å². The van der Waals surface area contributed by atoms with Gasteiger partial charge in [-0.05, 0) is 32.6 Å². The van der Waals surface area contributed by atoms with Gasteiger partial charge in [-0.3, -0.25) is 9.59 Å². The van der Waals surface area contributed by atoms with Crippen molar-refractivity contribution in [2.24, 2.45) is 0 Å². The zero-order chi connectivity index (χ0) is 28.5. The van der Waals surface area contributed by atoms with Crippen LogP contribution in [0.4, 0.5) is 0 Å². The number of esters is 1. The molecule has 0 aromatic heterocycles. The number of hydrogen-bond acceptors (Lipinski definition) is 3. The molecule has 0 rings (SSSR count). The molecule has 0 aliphatic rings. The molecule has 4 heteroatoms. The van der Waals surface area contributed by atoms with Crippen LogP contribution in [0.3, 0.4) is 0 Å². The van der Waals surface area contributed by atoms with Gasteiger partial charge in [0.1, 0.15) is 0 Å². The van der Waals surface area contributed by atoms with Crippen LogP contribution in [-0.4, -0.2) is 23.1 Å². The molecule has 0 fully saturated rings. The third kappa shape index (κ3) is 37.1. The van der Waals surface area contributed by atoms with Crippen LogP contribution >= 0.6 is 0 Å². The summed E-state index contributed by atoms with van der Waals surface area (Å²) in [6.45, 7) is 8.73. The number of rotatable bonds is 28. The summed E-state index contributed by atoms with van der Waals surface area (Å²) in [5, 5.41) is 8.49. The third-order valence-electron chi connectivity index (χ3n) is 7.28. The van der Waals surface area contributed by atoms with Gasteiger partial charge in [0.25, 0.3) is 0 Å². The normalized spacial score (nSPS) is 11.6. The standard InChI is InChI=1S/C18H36O2.C16H32O2/c1-4-6-8-10-11-12-14-16-18(19)20-17(3)15-13-9-7-5-2;1-2-3-4-5-6-7-8-9-10-11-12-13-14-15-16(17)18/h17H,4-16H2,1-3H3;2-15H2,1H3,(H,17,18). The highest BCUT2D eigenvalue weighted by molar-refractivity contribution is 5.69. The molecule has 0 aromatic rings. The zero-order valence-electron chi connectivity index (χ0n) is 26.3. The summed E-state index contributed by atoms with van der Waals surface area (Å²) < 4.78 is 5.44. The van der Waals surface area contributed by atoms with Gasteiger partial charge in [0.2, 0.25) is 0 Å². The lowest BCUT2D eigenvalue weighted by atomic mass is 10.0. The highest BCUT2D eigenvalue weighted by Crippen LogP contribution is 2.13. The molecule has 4 nitrogen and oxygen atoms in total. The molecule has 38 heavy (non-hydrogen) atoms. The lowest BCUT2D eigenvalue weighted by molar-refractivity contribution is -0.148. The van der Waals surface area contributed by atoms with Crippen molar-refractivity contribution >= 4 is 11.9 Å². The Morgan fingerprint density at radius 3 is 1.18 bits per heavy atom. The maximum absolute atomic E-state index is 11.7. The van der Waals surface area contributed by atoms with Gasteiger partial charge in [-0.25, -0.2) is 0 Å². The smallest absolute Gasteiger partial charge is 0.306 e. The first-order chi connectivity index (χ1) is 18.5. The van der Waals surface area contributed by atoms with E-state index in [0.29, 0.717) is 12.8 Å². The van der Waals surface area contributed by atoms with Crippen molar-refractivity contribution in [2.75, 3.05) is 0 Å². The lowest BCUT2D eigenvalue weighted by Gasteiger charge is -2.13. The third-order valence-corrected chi connectivity index (χ3v) is 7.28. The highest BCUT2D eigenvalue weighted by atomic mass is 16.5. The van der Waals surface area contributed by atoms with E-state index in [2.05, 4.69) is 20.8 Å². The fraction of sp³-hybridized carbons (Fsp3) is 0.941. The molecule has 1 atom stereocenters. The van der Waals surface area contributed by atoms with E-state index in [1.807, 2.05) is 6.92 Å². The Bertz CT molecular complexity index is 477. The van der Waals surface area contributed by atoms with Crippen molar-refractivity contribution in [1.82, 2.24) is 0 Å². The molecule has 0 spiro atoms. The van der Waals surface area contributed by atoms with E-state index in [4.69, 9.17) is 9.84 Å². The van der Waals surface area contributed by atoms with E-state index in [9.17, 15) is 9.59 Å². The monoisotopic (exact) mass is 541 g/mol. The first-order valence-electron chi connectivity index (χ1n) is 16.9. The first-order valence-corrected chi connectivity index (χ1v) is 16.9. The molecule has 0 aromatic carbocycles. The predicted molar refractivity (Wildman–Crippen MR) is 165 cm³/mol. The fourth-order valence-electron chi connectivity index (χ4n) is 4.72. The van der Waals surface area contributed by atoms with Gasteiger partial charge in [0, 0.05) is 12.8 Å². The number of hydrogen-bond donors (Lipinski definition) is 1. The molecule has 0 saturated heterocycles. The summed E-state index contributed by atoms with van der Waals surface area (Å²) in [6.07, 6.45) is 32.7. The number of carboxylic acids is 1. The second kappa shape index (κ2) is 34.0. The Labute approximate surface area is 238 Å². The number of carbonyl (C=O) groups is 2. The average molecular weight is 541 g/mol. The number of aliphatic carboxylic acids is 1. The number of carbonyl (C=O) groups excluding carboxylic acids is 1. The average Bonchev–Trinajstić information content (AvgIpc) is 2.89. The van der Waals surface area contributed by atoms with Gasteiger partial charge in [-0.15, -0.1) is 0 Å². The molecule has 1 N–H and O–H groups in total. The maximum Gasteiger partial charge on any atom is 0.306 e. The van der Waals surface area contributed by atoms with E-state index in [1.165, 1.54) is 135 Å². The minimum absolute atomic E-state index is 0.00143. The van der Waals surface area contributed by atoms with Crippen LogP contribution < -0.4 is 0 Å². The van der Waals surface area contributed by atoms with Crippen LogP contribution in [0.2, 0.25) is 0 Å². The molecule has 0 heterocycles. The van der Waals surface area contributed by atoms with Crippen molar-refractivity contribution in [2.45, 2.75) is 207 Å². The molecule has 0 aliphatic heterocycles. The Morgan fingerprint density at radius 1 is 0.500 bits per heavy atom. The second-order valence-corrected chi connectivity index (χ2v) is 11.4. The Morgan fingerprint density at radius 2 is 0.816 bits per heavy atom. The van der Waals surface area contributed by atoms with Gasteiger partial charge < -0.3 is 9.84 Å². The molecule has 0 bridgehead atoms. The van der Waals surface area contributed by atoms with Gasteiger partial charge in [0.15, 0.2) is 0 Å². The second-order valence-electron chi connectivity index (χ2n) is 11.4. The summed E-state index contributed by atoms with van der Waals surface area (Å²) in [5.41, 5.74) is 0. The van der Waals surface area contributed by atoms with Gasteiger partial charge >= 0.3 is 11.9 Å². The van der Waals surface area contributed by atoms with Crippen LogP contribution in [0, 0.1) is 0 Å². The lowest BCUT2D eigenvalue weighted by Crippen LogP contribution is -2.14. The van der Waals surface area contributed by atoms with Crippen molar-refractivity contribution < 1.29 is 19.4 Å². The highest BCUT2D eigenvalue weighted by Gasteiger charge is 2.08. The Balaban J connectivity index is 0. The summed E-state index contributed by atoms with van der Waals surface area (Å²) in [6, 6.07) is 0. The SMILES string of the molecule is CCCCCCCCCC(=O)OC(C)CCCCCC.CCCCCCCCCCCCCCCC(=O)O. The largest absolute Gasteiger partial charge is 0.481 e. The van der Waals surface area contributed by atoms with Crippen molar-refractivity contribution in [1.29, 1.82) is 0 Å². The minimum Gasteiger partial charge on any atom is -0.481 e. The van der Waals surface area contributed by atoms with Crippen LogP contribution in [-0.2, 0) is 14.3 Å². The van der Waals surface area contributed by atoms with Gasteiger partial charge in [-0.2, -0.15) is 0 Å². The Hall–Kier alpha value is -1.06. The molecular formula is C34H68O4. The number of carboxylic acid groups (broad SMARTS) is 1. The van der Waals surface area contributed by atoms with Crippen LogP contribution in [0.15, 0.2) is 0 Å².